The molecular weight excluding hydrogens is 270 g/mol. The van der Waals surface area contributed by atoms with E-state index in [9.17, 15) is 14.9 Å². The number of carbonyl (C=O) groups excluding carboxylic acids is 1. The number of hydrogen-bond acceptors (Lipinski definition) is 4. The SMILES string of the molecule is CC(=O)NC[C@H]1CCCN(Cc2ccccc2[N+](=O)[O-])C1. The Morgan fingerprint density at radius 2 is 2.24 bits per heavy atom. The minimum atomic E-state index is -0.325. The molecule has 0 aliphatic carbocycles. The van der Waals surface area contributed by atoms with Crippen LogP contribution in [-0.2, 0) is 11.3 Å². The third-order valence-electron chi connectivity index (χ3n) is 3.83. The van der Waals surface area contributed by atoms with E-state index >= 15 is 0 Å². The maximum atomic E-state index is 11.0. The Morgan fingerprint density at radius 3 is 2.95 bits per heavy atom. The summed E-state index contributed by atoms with van der Waals surface area (Å²) < 4.78 is 0. The minimum absolute atomic E-state index is 0.00850. The molecule has 1 aliphatic rings. The van der Waals surface area contributed by atoms with E-state index in [1.54, 1.807) is 12.1 Å². The summed E-state index contributed by atoms with van der Waals surface area (Å²) in [5, 5.41) is 13.9. The summed E-state index contributed by atoms with van der Waals surface area (Å²) in [6, 6.07) is 6.89. The second-order valence-electron chi connectivity index (χ2n) is 5.57. The molecule has 114 valence electrons. The van der Waals surface area contributed by atoms with Crippen molar-refractivity contribution in [3.63, 3.8) is 0 Å². The number of amides is 1. The molecule has 1 aromatic carbocycles. The van der Waals surface area contributed by atoms with E-state index < -0.39 is 0 Å². The molecule has 1 aliphatic heterocycles. The van der Waals surface area contributed by atoms with Gasteiger partial charge in [0.05, 0.1) is 4.92 Å². The van der Waals surface area contributed by atoms with Crippen LogP contribution in [-0.4, -0.2) is 35.4 Å². The smallest absolute Gasteiger partial charge is 0.273 e. The van der Waals surface area contributed by atoms with E-state index in [0.717, 1.165) is 31.5 Å². The third-order valence-corrected chi connectivity index (χ3v) is 3.83. The van der Waals surface area contributed by atoms with Gasteiger partial charge in [-0.2, -0.15) is 0 Å². The topological polar surface area (TPSA) is 75.5 Å². The Bertz CT molecular complexity index is 519. The van der Waals surface area contributed by atoms with Crippen molar-refractivity contribution in [1.29, 1.82) is 0 Å². The Hall–Kier alpha value is -1.95. The van der Waals surface area contributed by atoms with Gasteiger partial charge in [0.2, 0.25) is 5.91 Å². The van der Waals surface area contributed by atoms with Crippen LogP contribution >= 0.6 is 0 Å². The van der Waals surface area contributed by atoms with E-state index in [0.29, 0.717) is 19.0 Å². The van der Waals surface area contributed by atoms with Crippen molar-refractivity contribution in [1.82, 2.24) is 10.2 Å². The van der Waals surface area contributed by atoms with Crippen molar-refractivity contribution in [3.8, 4) is 0 Å². The number of carbonyl (C=O) groups is 1. The van der Waals surface area contributed by atoms with Gasteiger partial charge in [0.1, 0.15) is 0 Å². The molecule has 0 radical (unpaired) electrons. The molecule has 1 amide bonds. The molecule has 1 aromatic rings. The highest BCUT2D eigenvalue weighted by Gasteiger charge is 2.22. The molecule has 2 rings (SSSR count). The van der Waals surface area contributed by atoms with Gasteiger partial charge in [-0.05, 0) is 25.3 Å². The lowest BCUT2D eigenvalue weighted by Gasteiger charge is -2.32. The van der Waals surface area contributed by atoms with Crippen molar-refractivity contribution >= 4 is 11.6 Å². The number of para-hydroxylation sites is 1. The second kappa shape index (κ2) is 7.17. The molecule has 0 saturated carbocycles. The molecule has 1 N–H and O–H groups in total. The molecule has 1 saturated heterocycles. The first-order valence-corrected chi connectivity index (χ1v) is 7.25. The molecular formula is C15H21N3O3. The number of nitrogens with one attached hydrogen (secondary N) is 1. The van der Waals surface area contributed by atoms with E-state index in [-0.39, 0.29) is 16.5 Å². The van der Waals surface area contributed by atoms with Crippen molar-refractivity contribution in [2.24, 2.45) is 5.92 Å². The zero-order valence-corrected chi connectivity index (χ0v) is 12.2. The van der Waals surface area contributed by atoms with Crippen LogP contribution in [0.3, 0.4) is 0 Å². The summed E-state index contributed by atoms with van der Waals surface area (Å²) in [5.41, 5.74) is 0.934. The van der Waals surface area contributed by atoms with Gasteiger partial charge in [0.15, 0.2) is 0 Å². The summed E-state index contributed by atoms with van der Waals surface area (Å²) in [6.07, 6.45) is 2.15. The number of benzene rings is 1. The lowest BCUT2D eigenvalue weighted by molar-refractivity contribution is -0.385. The summed E-state index contributed by atoms with van der Waals surface area (Å²) in [5.74, 6) is 0.413. The molecule has 0 bridgehead atoms. The summed E-state index contributed by atoms with van der Waals surface area (Å²) in [6.45, 7) is 4.61. The van der Waals surface area contributed by atoms with Crippen molar-refractivity contribution < 1.29 is 9.72 Å². The van der Waals surface area contributed by atoms with Crippen LogP contribution in [0.25, 0.3) is 0 Å². The first-order chi connectivity index (χ1) is 10.1. The highest BCUT2D eigenvalue weighted by atomic mass is 16.6. The molecule has 6 heteroatoms. The molecule has 1 atom stereocenters. The predicted octanol–water partition coefficient (Wildman–Crippen LogP) is 1.94. The normalized spacial score (nSPS) is 19.2. The molecule has 1 fully saturated rings. The van der Waals surface area contributed by atoms with Gasteiger partial charge < -0.3 is 5.32 Å². The van der Waals surface area contributed by atoms with Crippen LogP contribution in [0.4, 0.5) is 5.69 Å². The first kappa shape index (κ1) is 15.4. The number of nitrogens with zero attached hydrogens (tertiary/aromatic N) is 2. The van der Waals surface area contributed by atoms with Crippen molar-refractivity contribution in [2.75, 3.05) is 19.6 Å². The highest BCUT2D eigenvalue weighted by molar-refractivity contribution is 5.72. The lowest BCUT2D eigenvalue weighted by Crippen LogP contribution is -2.40. The Kier molecular flexibility index (Phi) is 5.27. The van der Waals surface area contributed by atoms with E-state index in [1.165, 1.54) is 6.92 Å². The zero-order valence-electron chi connectivity index (χ0n) is 12.2. The van der Waals surface area contributed by atoms with Gasteiger partial charge in [-0.25, -0.2) is 0 Å². The number of rotatable bonds is 5. The van der Waals surface area contributed by atoms with Gasteiger partial charge in [-0.3, -0.25) is 19.8 Å². The monoisotopic (exact) mass is 291 g/mol. The Balaban J connectivity index is 1.96. The molecule has 21 heavy (non-hydrogen) atoms. The van der Waals surface area contributed by atoms with Gasteiger partial charge in [-0.1, -0.05) is 18.2 Å². The number of hydrogen-bond donors (Lipinski definition) is 1. The second-order valence-corrected chi connectivity index (χ2v) is 5.57. The number of piperidine rings is 1. The average molecular weight is 291 g/mol. The highest BCUT2D eigenvalue weighted by Crippen LogP contribution is 2.23. The maximum absolute atomic E-state index is 11.0. The largest absolute Gasteiger partial charge is 0.356 e. The van der Waals surface area contributed by atoms with Crippen molar-refractivity contribution in [3.05, 3.63) is 39.9 Å². The molecule has 0 unspecified atom stereocenters. The van der Waals surface area contributed by atoms with Crippen LogP contribution in [0.1, 0.15) is 25.3 Å². The fourth-order valence-corrected chi connectivity index (χ4v) is 2.81. The summed E-state index contributed by atoms with van der Waals surface area (Å²) in [4.78, 5) is 23.9. The van der Waals surface area contributed by atoms with Crippen LogP contribution in [0.15, 0.2) is 24.3 Å². The number of likely N-dealkylation sites (tertiary alicyclic amines) is 1. The van der Waals surface area contributed by atoms with Gasteiger partial charge in [0.25, 0.3) is 5.69 Å². The van der Waals surface area contributed by atoms with Crippen molar-refractivity contribution in [2.45, 2.75) is 26.3 Å². The standard InChI is InChI=1S/C15H21N3O3/c1-12(19)16-9-13-5-4-8-17(10-13)11-14-6-2-3-7-15(14)18(20)21/h2-3,6-7,13H,4-5,8-11H2,1H3,(H,16,19)/t13-/m1/s1. The summed E-state index contributed by atoms with van der Waals surface area (Å²) in [7, 11) is 0. The lowest BCUT2D eigenvalue weighted by atomic mass is 9.97. The number of nitro benzene ring substituents is 1. The number of nitro groups is 1. The molecule has 1 heterocycles. The predicted molar refractivity (Wildman–Crippen MR) is 79.8 cm³/mol. The fourth-order valence-electron chi connectivity index (χ4n) is 2.81. The van der Waals surface area contributed by atoms with Crippen LogP contribution < -0.4 is 5.32 Å². The van der Waals surface area contributed by atoms with Gasteiger partial charge in [-0.15, -0.1) is 0 Å². The average Bonchev–Trinajstić information content (AvgIpc) is 2.46. The Morgan fingerprint density at radius 1 is 1.48 bits per heavy atom. The van der Waals surface area contributed by atoms with E-state index in [2.05, 4.69) is 10.2 Å². The van der Waals surface area contributed by atoms with Crippen LogP contribution in [0.2, 0.25) is 0 Å². The molecule has 0 spiro atoms. The molecule has 6 nitrogen and oxygen atoms in total. The molecule has 0 aromatic heterocycles. The first-order valence-electron chi connectivity index (χ1n) is 7.25. The zero-order chi connectivity index (χ0) is 15.2. The van der Waals surface area contributed by atoms with Gasteiger partial charge >= 0.3 is 0 Å². The fraction of sp³-hybridized carbons (Fsp3) is 0.533. The van der Waals surface area contributed by atoms with Crippen LogP contribution in [0.5, 0.6) is 0 Å². The van der Waals surface area contributed by atoms with E-state index in [1.807, 2.05) is 12.1 Å². The summed E-state index contributed by atoms with van der Waals surface area (Å²) >= 11 is 0. The quantitative estimate of drug-likeness (QED) is 0.664. The van der Waals surface area contributed by atoms with Gasteiger partial charge in [0, 0.05) is 38.2 Å². The van der Waals surface area contributed by atoms with E-state index in [4.69, 9.17) is 0 Å². The third kappa shape index (κ3) is 4.53. The van der Waals surface area contributed by atoms with Crippen LogP contribution in [0, 0.1) is 16.0 Å². The Labute approximate surface area is 124 Å². The minimum Gasteiger partial charge on any atom is -0.356 e. The maximum Gasteiger partial charge on any atom is 0.273 e.